The normalized spacial score (nSPS) is 12.6. The fourth-order valence-electron chi connectivity index (χ4n) is 1.25. The standard InChI is InChI=1S/C11H10F6O2/c1-18-2-3-19-9-5-7(10(12,13)14)4-8(6-9)11(15,16)17/h4-6H,2-3H2,1H3. The molecule has 0 spiro atoms. The molecular weight excluding hydrogens is 278 g/mol. The summed E-state index contributed by atoms with van der Waals surface area (Å²) in [6.45, 7) is -0.0906. The van der Waals surface area contributed by atoms with Crippen molar-refractivity contribution in [2.24, 2.45) is 0 Å². The van der Waals surface area contributed by atoms with Crippen LogP contribution in [0.25, 0.3) is 0 Å². The lowest BCUT2D eigenvalue weighted by Gasteiger charge is -2.14. The first-order valence-electron chi connectivity index (χ1n) is 5.06. The molecule has 8 heteroatoms. The van der Waals surface area contributed by atoms with Gasteiger partial charge in [0.2, 0.25) is 0 Å². The highest BCUT2D eigenvalue weighted by atomic mass is 19.4. The van der Waals surface area contributed by atoms with Crippen LogP contribution in [0, 0.1) is 0 Å². The molecule has 0 saturated carbocycles. The zero-order chi connectivity index (χ0) is 14.7. The molecule has 1 rings (SSSR count). The number of halogens is 6. The molecular formula is C11H10F6O2. The molecule has 19 heavy (non-hydrogen) atoms. The number of rotatable bonds is 4. The number of ether oxygens (including phenoxy) is 2. The Labute approximate surface area is 104 Å². The Morgan fingerprint density at radius 3 is 1.68 bits per heavy atom. The van der Waals surface area contributed by atoms with Gasteiger partial charge in [-0.05, 0) is 18.2 Å². The molecule has 0 aromatic heterocycles. The Hall–Kier alpha value is -1.44. The van der Waals surface area contributed by atoms with Crippen LogP contribution in [0.1, 0.15) is 11.1 Å². The topological polar surface area (TPSA) is 18.5 Å². The summed E-state index contributed by atoms with van der Waals surface area (Å²) in [5.41, 5.74) is -2.82. The van der Waals surface area contributed by atoms with Gasteiger partial charge in [-0.15, -0.1) is 0 Å². The smallest absolute Gasteiger partial charge is 0.416 e. The van der Waals surface area contributed by atoms with Crippen molar-refractivity contribution < 1.29 is 35.8 Å². The minimum absolute atomic E-state index is 0.0448. The second-order valence-corrected chi connectivity index (χ2v) is 3.58. The van der Waals surface area contributed by atoms with E-state index in [1.165, 1.54) is 7.11 Å². The monoisotopic (exact) mass is 288 g/mol. The summed E-state index contributed by atoms with van der Waals surface area (Å²) in [5, 5.41) is 0. The summed E-state index contributed by atoms with van der Waals surface area (Å²) in [5.74, 6) is -0.501. The molecule has 108 valence electrons. The van der Waals surface area contributed by atoms with Gasteiger partial charge in [0.05, 0.1) is 17.7 Å². The number of alkyl halides is 6. The molecule has 0 heterocycles. The zero-order valence-electron chi connectivity index (χ0n) is 9.73. The maximum Gasteiger partial charge on any atom is 0.416 e. The Morgan fingerprint density at radius 1 is 0.842 bits per heavy atom. The van der Waals surface area contributed by atoms with Gasteiger partial charge in [0, 0.05) is 7.11 Å². The maximum absolute atomic E-state index is 12.5. The molecule has 0 amide bonds. The molecule has 0 fully saturated rings. The minimum Gasteiger partial charge on any atom is -0.491 e. The highest BCUT2D eigenvalue weighted by molar-refractivity contribution is 5.37. The first-order valence-corrected chi connectivity index (χ1v) is 5.06. The average molecular weight is 288 g/mol. The summed E-state index contributed by atoms with van der Waals surface area (Å²) in [6, 6.07) is 1.08. The average Bonchev–Trinajstić information content (AvgIpc) is 2.27. The molecule has 0 N–H and O–H groups in total. The quantitative estimate of drug-likeness (QED) is 0.620. The predicted octanol–water partition coefficient (Wildman–Crippen LogP) is 3.75. The van der Waals surface area contributed by atoms with Crippen LogP contribution in [0.3, 0.4) is 0 Å². The second-order valence-electron chi connectivity index (χ2n) is 3.58. The van der Waals surface area contributed by atoms with Crippen LogP contribution >= 0.6 is 0 Å². The third kappa shape index (κ3) is 4.62. The van der Waals surface area contributed by atoms with Crippen molar-refractivity contribution in [1.29, 1.82) is 0 Å². The molecule has 1 aromatic rings. The van der Waals surface area contributed by atoms with E-state index >= 15 is 0 Å². The highest BCUT2D eigenvalue weighted by Gasteiger charge is 2.37. The van der Waals surface area contributed by atoms with Crippen LogP contribution in [-0.2, 0) is 17.1 Å². The molecule has 0 saturated heterocycles. The molecule has 1 aromatic carbocycles. The van der Waals surface area contributed by atoms with Gasteiger partial charge in [0.15, 0.2) is 0 Å². The lowest BCUT2D eigenvalue weighted by Crippen LogP contribution is -2.12. The number of hydrogen-bond donors (Lipinski definition) is 0. The van der Waals surface area contributed by atoms with E-state index < -0.39 is 29.2 Å². The molecule has 2 nitrogen and oxygen atoms in total. The number of methoxy groups -OCH3 is 1. The first-order chi connectivity index (χ1) is 8.64. The van der Waals surface area contributed by atoms with Gasteiger partial charge in [-0.1, -0.05) is 0 Å². The van der Waals surface area contributed by atoms with E-state index in [0.717, 1.165) is 0 Å². The Morgan fingerprint density at radius 2 is 1.32 bits per heavy atom. The molecule has 0 aliphatic carbocycles. The van der Waals surface area contributed by atoms with E-state index in [-0.39, 0.29) is 19.3 Å². The molecule has 0 bridgehead atoms. The van der Waals surface area contributed by atoms with Crippen molar-refractivity contribution in [1.82, 2.24) is 0 Å². The largest absolute Gasteiger partial charge is 0.491 e. The van der Waals surface area contributed by atoms with Gasteiger partial charge in [0.25, 0.3) is 0 Å². The van der Waals surface area contributed by atoms with E-state index in [1.807, 2.05) is 0 Å². The summed E-state index contributed by atoms with van der Waals surface area (Å²) < 4.78 is 84.2. The molecule has 0 atom stereocenters. The lowest BCUT2D eigenvalue weighted by molar-refractivity contribution is -0.143. The summed E-state index contributed by atoms with van der Waals surface area (Å²) in [6.07, 6.45) is -9.75. The van der Waals surface area contributed by atoms with Crippen LogP contribution in [0.4, 0.5) is 26.3 Å². The molecule has 0 unspecified atom stereocenters. The van der Waals surface area contributed by atoms with Crippen molar-refractivity contribution in [3.05, 3.63) is 29.3 Å². The minimum atomic E-state index is -4.87. The fraction of sp³-hybridized carbons (Fsp3) is 0.455. The van der Waals surface area contributed by atoms with Gasteiger partial charge < -0.3 is 9.47 Å². The van der Waals surface area contributed by atoms with E-state index in [2.05, 4.69) is 4.74 Å². The van der Waals surface area contributed by atoms with Crippen molar-refractivity contribution in [3.8, 4) is 5.75 Å². The van der Waals surface area contributed by atoms with E-state index in [0.29, 0.717) is 12.1 Å². The van der Waals surface area contributed by atoms with Gasteiger partial charge >= 0.3 is 12.4 Å². The highest BCUT2D eigenvalue weighted by Crippen LogP contribution is 2.38. The Bertz CT molecular complexity index is 392. The van der Waals surface area contributed by atoms with E-state index in [9.17, 15) is 26.3 Å². The third-order valence-corrected chi connectivity index (χ3v) is 2.12. The first kappa shape index (κ1) is 15.6. The number of benzene rings is 1. The summed E-state index contributed by atoms with van der Waals surface area (Å²) >= 11 is 0. The van der Waals surface area contributed by atoms with Gasteiger partial charge in [0.1, 0.15) is 12.4 Å². The predicted molar refractivity (Wildman–Crippen MR) is 53.8 cm³/mol. The molecule has 0 aliphatic rings. The maximum atomic E-state index is 12.5. The third-order valence-electron chi connectivity index (χ3n) is 2.12. The summed E-state index contributed by atoms with van der Waals surface area (Å²) in [7, 11) is 1.33. The van der Waals surface area contributed by atoms with E-state index in [1.54, 1.807) is 0 Å². The molecule has 0 radical (unpaired) electrons. The second kappa shape index (κ2) is 5.68. The van der Waals surface area contributed by atoms with Crippen LogP contribution in [-0.4, -0.2) is 20.3 Å². The number of hydrogen-bond acceptors (Lipinski definition) is 2. The summed E-state index contributed by atoms with van der Waals surface area (Å²) in [4.78, 5) is 0. The Kier molecular flexibility index (Phi) is 4.67. The van der Waals surface area contributed by atoms with Gasteiger partial charge in [-0.2, -0.15) is 26.3 Å². The Balaban J connectivity index is 3.10. The van der Waals surface area contributed by atoms with Crippen molar-refractivity contribution >= 4 is 0 Å². The van der Waals surface area contributed by atoms with Crippen LogP contribution in [0.5, 0.6) is 5.75 Å². The van der Waals surface area contributed by atoms with Crippen LogP contribution < -0.4 is 4.74 Å². The van der Waals surface area contributed by atoms with Crippen molar-refractivity contribution in [3.63, 3.8) is 0 Å². The zero-order valence-corrected chi connectivity index (χ0v) is 9.73. The van der Waals surface area contributed by atoms with Gasteiger partial charge in [-0.25, -0.2) is 0 Å². The van der Waals surface area contributed by atoms with E-state index in [4.69, 9.17) is 4.74 Å². The molecule has 0 aliphatic heterocycles. The lowest BCUT2D eigenvalue weighted by atomic mass is 10.1. The van der Waals surface area contributed by atoms with Crippen molar-refractivity contribution in [2.45, 2.75) is 12.4 Å². The van der Waals surface area contributed by atoms with Gasteiger partial charge in [-0.3, -0.25) is 0 Å². The fourth-order valence-corrected chi connectivity index (χ4v) is 1.25. The van der Waals surface area contributed by atoms with Crippen LogP contribution in [0.2, 0.25) is 0 Å². The SMILES string of the molecule is COCCOc1cc(C(F)(F)F)cc(C(F)(F)F)c1. The van der Waals surface area contributed by atoms with Crippen LogP contribution in [0.15, 0.2) is 18.2 Å². The van der Waals surface area contributed by atoms with Crippen molar-refractivity contribution in [2.75, 3.05) is 20.3 Å².